The Morgan fingerprint density at radius 1 is 1.35 bits per heavy atom. The van der Waals surface area contributed by atoms with E-state index in [2.05, 4.69) is 55.2 Å². The second kappa shape index (κ2) is 6.60. The van der Waals surface area contributed by atoms with E-state index in [-0.39, 0.29) is 0 Å². The molecule has 0 aliphatic heterocycles. The van der Waals surface area contributed by atoms with Crippen LogP contribution in [-0.2, 0) is 0 Å². The van der Waals surface area contributed by atoms with Crippen molar-refractivity contribution in [2.24, 2.45) is 5.92 Å². The molecule has 0 bridgehead atoms. The maximum Gasteiger partial charge on any atom is 0.0574 e. The van der Waals surface area contributed by atoms with Crippen molar-refractivity contribution in [2.75, 3.05) is 25.5 Å². The lowest BCUT2D eigenvalue weighted by Gasteiger charge is -2.22. The molecule has 1 aromatic rings. The minimum atomic E-state index is 0.361. The van der Waals surface area contributed by atoms with Gasteiger partial charge in [0.05, 0.1) is 17.6 Å². The van der Waals surface area contributed by atoms with Crippen LogP contribution in [0, 0.1) is 5.92 Å². The smallest absolute Gasteiger partial charge is 0.0574 e. The van der Waals surface area contributed by atoms with Crippen molar-refractivity contribution in [2.45, 2.75) is 33.2 Å². The van der Waals surface area contributed by atoms with Gasteiger partial charge in [0.1, 0.15) is 0 Å². The van der Waals surface area contributed by atoms with Crippen molar-refractivity contribution >= 4 is 5.69 Å². The Morgan fingerprint density at radius 2 is 2.06 bits per heavy atom. The molecule has 0 radical (unpaired) electrons. The van der Waals surface area contributed by atoms with Crippen molar-refractivity contribution in [1.82, 2.24) is 10.3 Å². The molecule has 17 heavy (non-hydrogen) atoms. The second-order valence-electron chi connectivity index (χ2n) is 4.97. The number of pyridine rings is 1. The third-order valence-electron chi connectivity index (χ3n) is 2.96. The summed E-state index contributed by atoms with van der Waals surface area (Å²) in [5, 5.41) is 3.27. The van der Waals surface area contributed by atoms with Gasteiger partial charge in [-0.05, 0) is 31.5 Å². The van der Waals surface area contributed by atoms with E-state index in [0.29, 0.717) is 12.0 Å². The van der Waals surface area contributed by atoms with E-state index in [0.717, 1.165) is 18.7 Å². The largest absolute Gasteiger partial charge is 0.373 e. The molecule has 1 aromatic heterocycles. The SMILES string of the molecule is CCC(NC)c1ccc(N(C)CC(C)C)cn1. The summed E-state index contributed by atoms with van der Waals surface area (Å²) in [6, 6.07) is 4.64. The number of anilines is 1. The van der Waals surface area contributed by atoms with Gasteiger partial charge in [0.25, 0.3) is 0 Å². The normalized spacial score (nSPS) is 12.8. The van der Waals surface area contributed by atoms with Gasteiger partial charge in [-0.25, -0.2) is 0 Å². The van der Waals surface area contributed by atoms with E-state index in [1.807, 2.05) is 13.2 Å². The zero-order valence-corrected chi connectivity index (χ0v) is 11.7. The molecule has 0 aliphatic carbocycles. The van der Waals surface area contributed by atoms with E-state index in [9.17, 15) is 0 Å². The first-order chi connectivity index (χ1) is 8.08. The maximum atomic E-state index is 4.54. The Bertz CT molecular complexity index is 315. The third-order valence-corrected chi connectivity index (χ3v) is 2.96. The Hall–Kier alpha value is -1.09. The highest BCUT2D eigenvalue weighted by Crippen LogP contribution is 2.18. The molecule has 1 unspecified atom stereocenters. The molecule has 1 N–H and O–H groups in total. The van der Waals surface area contributed by atoms with Gasteiger partial charge >= 0.3 is 0 Å². The van der Waals surface area contributed by atoms with Gasteiger partial charge in [0.2, 0.25) is 0 Å². The summed E-state index contributed by atoms with van der Waals surface area (Å²) in [7, 11) is 4.10. The molecule has 1 atom stereocenters. The molecule has 0 amide bonds. The van der Waals surface area contributed by atoms with Crippen LogP contribution in [0.2, 0.25) is 0 Å². The number of rotatable bonds is 6. The number of nitrogens with zero attached hydrogens (tertiary/aromatic N) is 2. The van der Waals surface area contributed by atoms with Crippen LogP contribution in [-0.4, -0.2) is 25.6 Å². The number of hydrogen-bond donors (Lipinski definition) is 1. The summed E-state index contributed by atoms with van der Waals surface area (Å²) in [6.07, 6.45) is 3.03. The van der Waals surface area contributed by atoms with Crippen LogP contribution in [0.1, 0.15) is 38.9 Å². The quantitative estimate of drug-likeness (QED) is 0.822. The lowest BCUT2D eigenvalue weighted by atomic mass is 10.1. The molecule has 1 heterocycles. The lowest BCUT2D eigenvalue weighted by molar-refractivity contribution is 0.561. The van der Waals surface area contributed by atoms with Crippen LogP contribution >= 0.6 is 0 Å². The van der Waals surface area contributed by atoms with Crippen molar-refractivity contribution < 1.29 is 0 Å². The first-order valence-electron chi connectivity index (χ1n) is 6.42. The first kappa shape index (κ1) is 14.0. The summed E-state index contributed by atoms with van der Waals surface area (Å²) >= 11 is 0. The molecule has 0 saturated heterocycles. The van der Waals surface area contributed by atoms with Crippen molar-refractivity contribution in [3.63, 3.8) is 0 Å². The van der Waals surface area contributed by atoms with Crippen LogP contribution < -0.4 is 10.2 Å². The average molecular weight is 235 g/mol. The van der Waals surface area contributed by atoms with E-state index in [1.54, 1.807) is 0 Å². The lowest BCUT2D eigenvalue weighted by Crippen LogP contribution is -2.23. The highest BCUT2D eigenvalue weighted by atomic mass is 15.1. The van der Waals surface area contributed by atoms with Gasteiger partial charge in [0, 0.05) is 19.6 Å². The molecule has 0 aromatic carbocycles. The van der Waals surface area contributed by atoms with Crippen LogP contribution in [0.3, 0.4) is 0 Å². The van der Waals surface area contributed by atoms with E-state index >= 15 is 0 Å². The van der Waals surface area contributed by atoms with Crippen LogP contribution in [0.5, 0.6) is 0 Å². The Labute approximate surface area is 105 Å². The van der Waals surface area contributed by atoms with Crippen LogP contribution in [0.4, 0.5) is 5.69 Å². The monoisotopic (exact) mass is 235 g/mol. The number of hydrogen-bond acceptors (Lipinski definition) is 3. The average Bonchev–Trinajstić information content (AvgIpc) is 2.30. The fourth-order valence-electron chi connectivity index (χ4n) is 2.04. The fourth-order valence-corrected chi connectivity index (χ4v) is 2.04. The second-order valence-corrected chi connectivity index (χ2v) is 4.97. The maximum absolute atomic E-state index is 4.54. The van der Waals surface area contributed by atoms with Crippen LogP contribution in [0.15, 0.2) is 18.3 Å². The molecular formula is C14H25N3. The van der Waals surface area contributed by atoms with E-state index < -0.39 is 0 Å². The Kier molecular flexibility index (Phi) is 5.42. The molecule has 0 fully saturated rings. The predicted octanol–water partition coefficient (Wildman–Crippen LogP) is 2.84. The molecule has 96 valence electrons. The van der Waals surface area contributed by atoms with E-state index in [1.165, 1.54) is 5.69 Å². The highest BCUT2D eigenvalue weighted by Gasteiger charge is 2.09. The van der Waals surface area contributed by atoms with Gasteiger partial charge in [-0.1, -0.05) is 20.8 Å². The number of aromatic nitrogens is 1. The summed E-state index contributed by atoms with van der Waals surface area (Å²) in [4.78, 5) is 6.80. The van der Waals surface area contributed by atoms with Gasteiger partial charge in [-0.15, -0.1) is 0 Å². The molecular weight excluding hydrogens is 210 g/mol. The Morgan fingerprint density at radius 3 is 2.47 bits per heavy atom. The van der Waals surface area contributed by atoms with Crippen LogP contribution in [0.25, 0.3) is 0 Å². The zero-order chi connectivity index (χ0) is 12.8. The predicted molar refractivity (Wildman–Crippen MR) is 74.4 cm³/mol. The fraction of sp³-hybridized carbons (Fsp3) is 0.643. The molecule has 0 aliphatic rings. The summed E-state index contributed by atoms with van der Waals surface area (Å²) in [5.74, 6) is 0.667. The molecule has 3 nitrogen and oxygen atoms in total. The van der Waals surface area contributed by atoms with Gasteiger partial charge in [-0.3, -0.25) is 4.98 Å². The molecule has 0 spiro atoms. The molecule has 3 heteroatoms. The Balaban J connectivity index is 2.73. The summed E-state index contributed by atoms with van der Waals surface area (Å²) < 4.78 is 0. The van der Waals surface area contributed by atoms with Gasteiger partial charge < -0.3 is 10.2 Å². The number of nitrogens with one attached hydrogen (secondary N) is 1. The van der Waals surface area contributed by atoms with Crippen molar-refractivity contribution in [3.05, 3.63) is 24.0 Å². The minimum absolute atomic E-state index is 0.361. The summed E-state index contributed by atoms with van der Waals surface area (Å²) in [6.45, 7) is 7.69. The van der Waals surface area contributed by atoms with E-state index in [4.69, 9.17) is 0 Å². The third kappa shape index (κ3) is 4.00. The standard InChI is InChI=1S/C14H25N3/c1-6-13(15-4)14-8-7-12(9-16-14)17(5)10-11(2)3/h7-9,11,13,15H,6,10H2,1-5H3. The highest BCUT2D eigenvalue weighted by molar-refractivity contribution is 5.43. The molecule has 1 rings (SSSR count). The topological polar surface area (TPSA) is 28.2 Å². The summed E-state index contributed by atoms with van der Waals surface area (Å²) in [5.41, 5.74) is 2.31. The first-order valence-corrected chi connectivity index (χ1v) is 6.42. The van der Waals surface area contributed by atoms with Gasteiger partial charge in [-0.2, -0.15) is 0 Å². The van der Waals surface area contributed by atoms with Gasteiger partial charge in [0.15, 0.2) is 0 Å². The van der Waals surface area contributed by atoms with Crippen molar-refractivity contribution in [1.29, 1.82) is 0 Å². The zero-order valence-electron chi connectivity index (χ0n) is 11.7. The molecule has 0 saturated carbocycles. The minimum Gasteiger partial charge on any atom is -0.373 e. The van der Waals surface area contributed by atoms with Crippen molar-refractivity contribution in [3.8, 4) is 0 Å².